The van der Waals surface area contributed by atoms with Gasteiger partial charge in [0.25, 0.3) is 0 Å². The highest BCUT2D eigenvalue weighted by Gasteiger charge is 2.24. The topological polar surface area (TPSA) is 54.5 Å². The third-order valence-corrected chi connectivity index (χ3v) is 4.64. The maximum absolute atomic E-state index is 11.6. The number of nitrogens with zero attached hydrogens (tertiary/aromatic N) is 1. The summed E-state index contributed by atoms with van der Waals surface area (Å²) in [7, 11) is -2.88. The maximum atomic E-state index is 11.6. The summed E-state index contributed by atoms with van der Waals surface area (Å²) in [4.78, 5) is 13.3. The first-order chi connectivity index (χ1) is 7.05. The van der Waals surface area contributed by atoms with E-state index in [0.29, 0.717) is 19.5 Å². The van der Waals surface area contributed by atoms with E-state index in [4.69, 9.17) is 0 Å². The van der Waals surface area contributed by atoms with Crippen molar-refractivity contribution in [3.63, 3.8) is 0 Å². The Morgan fingerprint density at radius 2 is 1.80 bits per heavy atom. The molecule has 0 N–H and O–H groups in total. The van der Waals surface area contributed by atoms with Gasteiger partial charge in [0.05, 0.1) is 11.5 Å². The predicted molar refractivity (Wildman–Crippen MR) is 62.9 cm³/mol. The summed E-state index contributed by atoms with van der Waals surface area (Å²) in [5.74, 6) is 0.333. The fourth-order valence-electron chi connectivity index (χ4n) is 1.49. The van der Waals surface area contributed by atoms with Gasteiger partial charge in [-0.2, -0.15) is 0 Å². The number of halogens is 1. The second-order valence-corrected chi connectivity index (χ2v) is 6.78. The number of unbranched alkanes of at least 4 members (excludes halogenated alkanes) is 1. The van der Waals surface area contributed by atoms with E-state index in [0.717, 1.165) is 18.2 Å². The molecule has 88 valence electrons. The molecule has 0 aliphatic carbocycles. The molecule has 1 amide bonds. The molecule has 1 aliphatic heterocycles. The summed E-state index contributed by atoms with van der Waals surface area (Å²) in [5, 5.41) is 0.911. The van der Waals surface area contributed by atoms with Crippen LogP contribution >= 0.6 is 15.9 Å². The van der Waals surface area contributed by atoms with Gasteiger partial charge in [0.15, 0.2) is 9.84 Å². The number of carbonyl (C=O) groups is 1. The molecule has 1 fully saturated rings. The summed E-state index contributed by atoms with van der Waals surface area (Å²) in [6, 6.07) is 0. The number of carbonyl (C=O) groups excluding carboxylic acids is 1. The minimum Gasteiger partial charge on any atom is -0.341 e. The summed E-state index contributed by atoms with van der Waals surface area (Å²) in [6.07, 6.45) is 2.39. The SMILES string of the molecule is O=C(CCCCBr)N1CCS(=O)(=O)CC1. The lowest BCUT2D eigenvalue weighted by Crippen LogP contribution is -2.43. The molecule has 1 aliphatic rings. The van der Waals surface area contributed by atoms with E-state index in [-0.39, 0.29) is 17.4 Å². The van der Waals surface area contributed by atoms with Crippen molar-refractivity contribution in [1.29, 1.82) is 0 Å². The number of sulfone groups is 1. The highest BCUT2D eigenvalue weighted by atomic mass is 79.9. The predicted octanol–water partition coefficient (Wildman–Crippen LogP) is 0.809. The zero-order valence-electron chi connectivity index (χ0n) is 8.62. The minimum absolute atomic E-state index is 0.0888. The number of hydrogen-bond acceptors (Lipinski definition) is 3. The molecule has 6 heteroatoms. The molecule has 0 aromatic rings. The van der Waals surface area contributed by atoms with Gasteiger partial charge in [-0.3, -0.25) is 4.79 Å². The summed E-state index contributed by atoms with van der Waals surface area (Å²) in [5.41, 5.74) is 0. The Bertz CT molecular complexity index is 301. The van der Waals surface area contributed by atoms with Gasteiger partial charge in [-0.05, 0) is 12.8 Å². The van der Waals surface area contributed by atoms with E-state index in [1.165, 1.54) is 0 Å². The molecule has 0 aromatic carbocycles. The lowest BCUT2D eigenvalue weighted by molar-refractivity contribution is -0.130. The van der Waals surface area contributed by atoms with Crippen LogP contribution < -0.4 is 0 Å². The van der Waals surface area contributed by atoms with E-state index in [9.17, 15) is 13.2 Å². The van der Waals surface area contributed by atoms with Gasteiger partial charge in [-0.25, -0.2) is 8.42 Å². The van der Waals surface area contributed by atoms with Crippen molar-refractivity contribution in [3.8, 4) is 0 Å². The Balaban J connectivity index is 2.30. The van der Waals surface area contributed by atoms with Crippen LogP contribution in [0.25, 0.3) is 0 Å². The van der Waals surface area contributed by atoms with Crippen molar-refractivity contribution >= 4 is 31.7 Å². The molecule has 1 heterocycles. The van der Waals surface area contributed by atoms with Crippen LogP contribution in [0.15, 0.2) is 0 Å². The number of alkyl halides is 1. The van der Waals surface area contributed by atoms with Crippen LogP contribution in [-0.4, -0.2) is 49.2 Å². The normalized spacial score (nSPS) is 20.2. The highest BCUT2D eigenvalue weighted by molar-refractivity contribution is 9.09. The van der Waals surface area contributed by atoms with Crippen LogP contribution in [0.2, 0.25) is 0 Å². The van der Waals surface area contributed by atoms with Gasteiger partial charge in [0.2, 0.25) is 5.91 Å². The minimum atomic E-state index is -2.88. The second-order valence-electron chi connectivity index (χ2n) is 3.68. The van der Waals surface area contributed by atoms with Gasteiger partial charge in [0.1, 0.15) is 0 Å². The number of amides is 1. The first-order valence-electron chi connectivity index (χ1n) is 5.09. The molecule has 4 nitrogen and oxygen atoms in total. The summed E-state index contributed by atoms with van der Waals surface area (Å²) >= 11 is 3.31. The molecule has 0 saturated carbocycles. The van der Waals surface area contributed by atoms with Gasteiger partial charge in [-0.1, -0.05) is 15.9 Å². The Hall–Kier alpha value is -0.100. The van der Waals surface area contributed by atoms with E-state index < -0.39 is 9.84 Å². The number of hydrogen-bond donors (Lipinski definition) is 0. The molecule has 0 radical (unpaired) electrons. The molecule has 0 aromatic heterocycles. The largest absolute Gasteiger partial charge is 0.341 e. The van der Waals surface area contributed by atoms with E-state index >= 15 is 0 Å². The van der Waals surface area contributed by atoms with Gasteiger partial charge in [0, 0.05) is 24.8 Å². The molecule has 1 saturated heterocycles. The van der Waals surface area contributed by atoms with Crippen LogP contribution in [0.1, 0.15) is 19.3 Å². The molecular formula is C9H16BrNO3S. The molecular weight excluding hydrogens is 282 g/mol. The van der Waals surface area contributed by atoms with Crippen molar-refractivity contribution in [3.05, 3.63) is 0 Å². The fraction of sp³-hybridized carbons (Fsp3) is 0.889. The summed E-state index contributed by atoms with van der Waals surface area (Å²) in [6.45, 7) is 0.741. The quantitative estimate of drug-likeness (QED) is 0.570. The molecule has 0 unspecified atom stereocenters. The van der Waals surface area contributed by atoms with Crippen LogP contribution in [-0.2, 0) is 14.6 Å². The van der Waals surface area contributed by atoms with Crippen molar-refractivity contribution in [2.45, 2.75) is 19.3 Å². The Kier molecular flexibility index (Phi) is 5.05. The van der Waals surface area contributed by atoms with Gasteiger partial charge in [-0.15, -0.1) is 0 Å². The van der Waals surface area contributed by atoms with E-state index in [1.54, 1.807) is 4.90 Å². The van der Waals surface area contributed by atoms with E-state index in [1.807, 2.05) is 0 Å². The average molecular weight is 298 g/mol. The first kappa shape index (κ1) is 13.0. The lowest BCUT2D eigenvalue weighted by Gasteiger charge is -2.26. The first-order valence-corrected chi connectivity index (χ1v) is 8.03. The Morgan fingerprint density at radius 1 is 1.20 bits per heavy atom. The molecule has 0 spiro atoms. The zero-order valence-corrected chi connectivity index (χ0v) is 11.0. The molecule has 15 heavy (non-hydrogen) atoms. The molecule has 0 bridgehead atoms. The van der Waals surface area contributed by atoms with E-state index in [2.05, 4.69) is 15.9 Å². The average Bonchev–Trinajstić information content (AvgIpc) is 2.18. The molecule has 1 rings (SSSR count). The van der Waals surface area contributed by atoms with Gasteiger partial charge < -0.3 is 4.90 Å². The van der Waals surface area contributed by atoms with Crippen molar-refractivity contribution in [2.75, 3.05) is 29.9 Å². The highest BCUT2D eigenvalue weighted by Crippen LogP contribution is 2.08. The number of rotatable bonds is 4. The van der Waals surface area contributed by atoms with Crippen molar-refractivity contribution in [1.82, 2.24) is 4.90 Å². The third-order valence-electron chi connectivity index (χ3n) is 2.47. The van der Waals surface area contributed by atoms with Crippen molar-refractivity contribution in [2.24, 2.45) is 0 Å². The fourth-order valence-corrected chi connectivity index (χ4v) is 3.09. The molecule has 0 atom stereocenters. The van der Waals surface area contributed by atoms with Crippen LogP contribution in [0.3, 0.4) is 0 Å². The van der Waals surface area contributed by atoms with Crippen LogP contribution in [0, 0.1) is 0 Å². The smallest absolute Gasteiger partial charge is 0.222 e. The van der Waals surface area contributed by atoms with Crippen molar-refractivity contribution < 1.29 is 13.2 Å². The third kappa shape index (κ3) is 4.51. The van der Waals surface area contributed by atoms with Gasteiger partial charge >= 0.3 is 0 Å². The van der Waals surface area contributed by atoms with Crippen LogP contribution in [0.4, 0.5) is 0 Å². The Morgan fingerprint density at radius 3 is 2.33 bits per heavy atom. The second kappa shape index (κ2) is 5.84. The monoisotopic (exact) mass is 297 g/mol. The zero-order chi connectivity index (χ0) is 11.3. The van der Waals surface area contributed by atoms with Crippen LogP contribution in [0.5, 0.6) is 0 Å². The Labute approximate surface area is 99.1 Å². The standard InChI is InChI=1S/C9H16BrNO3S/c10-4-2-1-3-9(12)11-5-7-15(13,14)8-6-11/h1-8H2. The lowest BCUT2D eigenvalue weighted by atomic mass is 10.2. The summed E-state index contributed by atoms with van der Waals surface area (Å²) < 4.78 is 22.3. The maximum Gasteiger partial charge on any atom is 0.222 e.